The molecule has 0 unspecified atom stereocenters. The minimum absolute atomic E-state index is 0.00288. The fourth-order valence-electron chi connectivity index (χ4n) is 4.20. The van der Waals surface area contributed by atoms with E-state index >= 15 is 0 Å². The lowest BCUT2D eigenvalue weighted by molar-refractivity contribution is -0.242. The van der Waals surface area contributed by atoms with E-state index in [0.29, 0.717) is 38.9 Å². The first-order valence-corrected chi connectivity index (χ1v) is 13.4. The molecule has 2 amide bonds. The van der Waals surface area contributed by atoms with Gasteiger partial charge in [-0.25, -0.2) is 13.2 Å². The molecule has 2 aliphatic heterocycles. The van der Waals surface area contributed by atoms with Crippen molar-refractivity contribution in [3.63, 3.8) is 0 Å². The Morgan fingerprint density at radius 1 is 1.26 bits per heavy atom. The first-order chi connectivity index (χ1) is 18.1. The van der Waals surface area contributed by atoms with Crippen LogP contribution in [0.3, 0.4) is 0 Å². The zero-order valence-electron chi connectivity index (χ0n) is 21.6. The highest BCUT2D eigenvalue weighted by Gasteiger charge is 2.51. The van der Waals surface area contributed by atoms with Crippen LogP contribution >= 0.6 is 0 Å². The lowest BCUT2D eigenvalue weighted by Crippen LogP contribution is -2.48. The summed E-state index contributed by atoms with van der Waals surface area (Å²) in [5.41, 5.74) is -2.30. The number of hydrogen-bond donors (Lipinski definition) is 2. The molecule has 0 saturated heterocycles. The molecule has 0 aliphatic carbocycles. The van der Waals surface area contributed by atoms with Gasteiger partial charge >= 0.3 is 12.3 Å². The van der Waals surface area contributed by atoms with Crippen molar-refractivity contribution in [1.82, 2.24) is 15.1 Å². The number of alkyl halides is 3. The maximum atomic E-state index is 14.1. The second-order valence-corrected chi connectivity index (χ2v) is 11.3. The molecule has 0 radical (unpaired) electrons. The van der Waals surface area contributed by atoms with Crippen LogP contribution in [0.2, 0.25) is 0 Å². The number of aryl methyl sites for hydroxylation is 1. The summed E-state index contributed by atoms with van der Waals surface area (Å²) in [6.45, 7) is 3.02. The lowest BCUT2D eigenvalue weighted by atomic mass is 10.1. The van der Waals surface area contributed by atoms with E-state index in [9.17, 15) is 31.2 Å². The Hall–Kier alpha value is -3.69. The molecule has 4 rings (SSSR count). The molecule has 1 aromatic heterocycles. The zero-order valence-corrected chi connectivity index (χ0v) is 22.4. The molecule has 39 heavy (non-hydrogen) atoms. The van der Waals surface area contributed by atoms with Crippen LogP contribution in [-0.2, 0) is 32.5 Å². The summed E-state index contributed by atoms with van der Waals surface area (Å²) in [5.74, 6) is -0.310. The van der Waals surface area contributed by atoms with Crippen molar-refractivity contribution in [3.05, 3.63) is 23.9 Å². The van der Waals surface area contributed by atoms with E-state index in [4.69, 9.17) is 9.47 Å². The van der Waals surface area contributed by atoms with E-state index in [0.717, 1.165) is 4.31 Å². The van der Waals surface area contributed by atoms with Crippen LogP contribution in [0.5, 0.6) is 11.6 Å². The molecule has 3 heterocycles. The quantitative estimate of drug-likeness (QED) is 0.514. The molecule has 0 fully saturated rings. The molecule has 12 nitrogen and oxygen atoms in total. The molecule has 1 atom stereocenters. The third kappa shape index (κ3) is 5.55. The van der Waals surface area contributed by atoms with Crippen molar-refractivity contribution < 1.29 is 45.4 Å². The normalized spacial score (nSPS) is 17.1. The number of methoxy groups -OCH3 is 1. The molecule has 2 N–H and O–H groups in total. The summed E-state index contributed by atoms with van der Waals surface area (Å²) in [6, 6.07) is 3.94. The second kappa shape index (κ2) is 10.1. The van der Waals surface area contributed by atoms with Crippen LogP contribution in [-0.4, -0.2) is 68.3 Å². The summed E-state index contributed by atoms with van der Waals surface area (Å²) < 4.78 is 85.9. The van der Waals surface area contributed by atoms with Gasteiger partial charge in [0.15, 0.2) is 4.90 Å². The third-order valence-corrected chi connectivity index (χ3v) is 8.10. The second-order valence-electron chi connectivity index (χ2n) is 9.53. The van der Waals surface area contributed by atoms with Crippen molar-refractivity contribution in [3.8, 4) is 11.6 Å². The van der Waals surface area contributed by atoms with E-state index in [1.54, 1.807) is 4.68 Å². The fraction of sp³-hybridized carbons (Fsp3) is 0.522. The number of fused-ring (bicyclic) bond motifs is 2. The van der Waals surface area contributed by atoms with E-state index in [1.165, 1.54) is 32.2 Å². The van der Waals surface area contributed by atoms with Gasteiger partial charge in [0.25, 0.3) is 15.9 Å². The van der Waals surface area contributed by atoms with Crippen LogP contribution < -0.4 is 24.4 Å². The summed E-state index contributed by atoms with van der Waals surface area (Å²) in [6.07, 6.45) is -5.82. The van der Waals surface area contributed by atoms with Crippen LogP contribution in [0.25, 0.3) is 0 Å². The summed E-state index contributed by atoms with van der Waals surface area (Å²) in [7, 11) is -3.02. The largest absolute Gasteiger partial charge is 0.484 e. The first kappa shape index (κ1) is 28.3. The molecular weight excluding hydrogens is 547 g/mol. The molecule has 1 aromatic carbocycles. The third-order valence-electron chi connectivity index (χ3n) is 6.25. The van der Waals surface area contributed by atoms with Gasteiger partial charge in [-0.3, -0.25) is 19.1 Å². The highest BCUT2D eigenvalue weighted by molar-refractivity contribution is 7.93. The SMILES string of the molecule is COc1nn2c(c1S(=O)(=O)N1C[C@H](CNC(C)=O)Oc3ccc(NC(=O)OC(C)(C)C(F)(F)F)cc31)CCC2. The van der Waals surface area contributed by atoms with E-state index < -0.39 is 34.0 Å². The van der Waals surface area contributed by atoms with Crippen molar-refractivity contribution in [1.29, 1.82) is 0 Å². The Bertz CT molecular complexity index is 1390. The Morgan fingerprint density at radius 3 is 2.62 bits per heavy atom. The van der Waals surface area contributed by atoms with Gasteiger partial charge in [0.2, 0.25) is 11.5 Å². The Morgan fingerprint density at radius 2 is 1.97 bits per heavy atom. The fourth-order valence-corrected chi connectivity index (χ4v) is 6.03. The topological polar surface area (TPSA) is 141 Å². The Kier molecular flexibility index (Phi) is 7.35. The maximum Gasteiger partial charge on any atom is 0.427 e. The molecule has 0 saturated carbocycles. The van der Waals surface area contributed by atoms with E-state index in [-0.39, 0.29) is 46.9 Å². The summed E-state index contributed by atoms with van der Waals surface area (Å²) >= 11 is 0. The predicted octanol–water partition coefficient (Wildman–Crippen LogP) is 2.82. The highest BCUT2D eigenvalue weighted by atomic mass is 32.2. The smallest absolute Gasteiger partial charge is 0.427 e. The van der Waals surface area contributed by atoms with Crippen LogP contribution in [0.1, 0.15) is 32.9 Å². The van der Waals surface area contributed by atoms with Gasteiger partial charge < -0.3 is 19.5 Å². The molecule has 2 aliphatic rings. The van der Waals surface area contributed by atoms with Crippen molar-refractivity contribution >= 4 is 33.4 Å². The highest BCUT2D eigenvalue weighted by Crippen LogP contribution is 2.42. The Balaban J connectivity index is 1.71. The van der Waals surface area contributed by atoms with E-state index in [1.807, 2.05) is 0 Å². The van der Waals surface area contributed by atoms with Crippen LogP contribution in [0.4, 0.5) is 29.3 Å². The molecule has 0 spiro atoms. The predicted molar refractivity (Wildman–Crippen MR) is 131 cm³/mol. The maximum absolute atomic E-state index is 14.1. The van der Waals surface area contributed by atoms with Crippen molar-refractivity contribution in [2.45, 2.75) is 62.9 Å². The Labute approximate surface area is 222 Å². The number of rotatable bonds is 7. The molecular formula is C23H28F3N5O7S. The van der Waals surface area contributed by atoms with Gasteiger partial charge in [-0.1, -0.05) is 0 Å². The first-order valence-electron chi connectivity index (χ1n) is 11.9. The number of nitrogens with zero attached hydrogens (tertiary/aromatic N) is 3. The number of ether oxygens (including phenoxy) is 3. The van der Waals surface area contributed by atoms with Crippen molar-refractivity contribution in [2.24, 2.45) is 0 Å². The molecule has 214 valence electrons. The number of halogens is 3. The number of aromatic nitrogens is 2. The van der Waals surface area contributed by atoms with Crippen molar-refractivity contribution in [2.75, 3.05) is 29.8 Å². The lowest BCUT2D eigenvalue weighted by Gasteiger charge is -2.35. The standard InChI is InChI=1S/C23H28F3N5O7S/c1-13(32)27-11-15-12-31(39(34,35)19-16-6-5-9-30(16)29-20(19)36-4)17-10-14(7-8-18(17)37-15)28-21(33)38-22(2,3)23(24,25)26/h7-8,10,15H,5-6,9,11-12H2,1-4H3,(H,27,32)(H,28,33)/t15-/m0/s1. The number of anilines is 2. The average molecular weight is 576 g/mol. The number of sulfonamides is 1. The van der Waals surface area contributed by atoms with Gasteiger partial charge in [-0.05, 0) is 44.9 Å². The monoisotopic (exact) mass is 575 g/mol. The molecule has 2 aromatic rings. The van der Waals surface area contributed by atoms with Gasteiger partial charge in [0.1, 0.15) is 11.9 Å². The number of carbonyl (C=O) groups excluding carboxylic acids is 2. The van der Waals surface area contributed by atoms with Gasteiger partial charge in [0, 0.05) is 19.2 Å². The van der Waals surface area contributed by atoms with Gasteiger partial charge in [-0.15, -0.1) is 5.10 Å². The number of nitrogens with one attached hydrogen (secondary N) is 2. The average Bonchev–Trinajstić information content (AvgIpc) is 3.42. The van der Waals surface area contributed by atoms with Crippen LogP contribution in [0.15, 0.2) is 23.1 Å². The number of carbonyl (C=O) groups is 2. The number of amides is 2. The number of benzene rings is 1. The van der Waals surface area contributed by atoms with E-state index in [2.05, 4.69) is 20.5 Å². The minimum atomic E-state index is -4.81. The minimum Gasteiger partial charge on any atom is -0.484 e. The van der Waals surface area contributed by atoms with Gasteiger partial charge in [-0.2, -0.15) is 13.2 Å². The number of hydrogen-bond acceptors (Lipinski definition) is 8. The summed E-state index contributed by atoms with van der Waals surface area (Å²) in [4.78, 5) is 23.6. The van der Waals surface area contributed by atoms with Gasteiger partial charge in [0.05, 0.1) is 31.6 Å². The molecule has 16 heteroatoms. The molecule has 0 bridgehead atoms. The zero-order chi connectivity index (χ0) is 28.8. The summed E-state index contributed by atoms with van der Waals surface area (Å²) in [5, 5.41) is 9.05. The van der Waals surface area contributed by atoms with Crippen LogP contribution in [0, 0.1) is 0 Å².